The zero-order chi connectivity index (χ0) is 39.5. The van der Waals surface area contributed by atoms with E-state index in [-0.39, 0.29) is 43.6 Å². The number of carbonyl (C=O) groups is 5. The number of hydrogen-bond acceptors (Lipinski definition) is 13. The van der Waals surface area contributed by atoms with Crippen LogP contribution in [0.5, 0.6) is 0 Å². The predicted octanol–water partition coefficient (Wildman–Crippen LogP) is -2.61. The number of thioether (sulfide) groups is 2. The number of nitrogens with one attached hydrogen (secondary N) is 5. The second kappa shape index (κ2) is 24.5. The number of aliphatic imine (C=N–C) groups is 1. The van der Waals surface area contributed by atoms with Gasteiger partial charge in [-0.15, -0.1) is 0 Å². The molecule has 9 atom stereocenters. The lowest BCUT2D eigenvalue weighted by Gasteiger charge is -2.40. The van der Waals surface area contributed by atoms with Crippen molar-refractivity contribution in [1.29, 1.82) is 0 Å². The maximum atomic E-state index is 13.8. The van der Waals surface area contributed by atoms with Crippen LogP contribution in [0.1, 0.15) is 71.1 Å². The lowest BCUT2D eigenvalue weighted by molar-refractivity contribution is -0.254. The van der Waals surface area contributed by atoms with Crippen molar-refractivity contribution in [3.8, 4) is 0 Å². The molecule has 18 nitrogen and oxygen atoms in total. The molecule has 53 heavy (non-hydrogen) atoms. The summed E-state index contributed by atoms with van der Waals surface area (Å²) >= 11 is 2.84. The number of amides is 5. The molecule has 2 rings (SSSR count). The van der Waals surface area contributed by atoms with Crippen molar-refractivity contribution in [2.45, 2.75) is 126 Å². The van der Waals surface area contributed by atoms with Crippen LogP contribution in [0.25, 0.3) is 0 Å². The Morgan fingerprint density at radius 1 is 0.774 bits per heavy atom. The number of rotatable bonds is 22. The molecule has 20 heteroatoms. The fourth-order valence-corrected chi connectivity index (χ4v) is 7.29. The molecular formula is C33H60N8O10S2. The molecule has 0 aromatic rings. The molecule has 1 aliphatic heterocycles. The van der Waals surface area contributed by atoms with Crippen molar-refractivity contribution in [3.05, 3.63) is 0 Å². The molecule has 2 aliphatic rings. The van der Waals surface area contributed by atoms with Gasteiger partial charge in [0, 0.05) is 13.5 Å². The smallest absolute Gasteiger partial charge is 0.243 e. The molecule has 0 radical (unpaired) electrons. The van der Waals surface area contributed by atoms with E-state index in [2.05, 4.69) is 31.6 Å². The van der Waals surface area contributed by atoms with E-state index in [9.17, 15) is 44.4 Å². The number of carbonyl (C=O) groups excluding carboxylic acids is 5. The van der Waals surface area contributed by atoms with E-state index in [4.69, 9.17) is 16.2 Å². The summed E-state index contributed by atoms with van der Waals surface area (Å²) in [6.07, 6.45) is 3.55. The topological polar surface area (TPSA) is 300 Å². The molecule has 0 spiro atoms. The first-order valence-corrected chi connectivity index (χ1v) is 20.8. The van der Waals surface area contributed by atoms with E-state index in [1.165, 1.54) is 30.4 Å². The van der Waals surface area contributed by atoms with Gasteiger partial charge in [-0.2, -0.15) is 23.5 Å². The molecule has 5 amide bonds. The minimum atomic E-state index is -1.76. The molecule has 1 heterocycles. The van der Waals surface area contributed by atoms with E-state index in [0.29, 0.717) is 24.3 Å². The number of aliphatic hydroxyl groups is 4. The summed E-state index contributed by atoms with van der Waals surface area (Å²) in [6.45, 7) is 0.822. The average Bonchev–Trinajstić information content (AvgIpc) is 3.12. The Morgan fingerprint density at radius 2 is 1.30 bits per heavy atom. The zero-order valence-corrected chi connectivity index (χ0v) is 32.5. The highest BCUT2D eigenvalue weighted by Crippen LogP contribution is 2.27. The highest BCUT2D eigenvalue weighted by molar-refractivity contribution is 7.98. The van der Waals surface area contributed by atoms with E-state index < -0.39 is 85.0 Å². The number of guanidine groups is 1. The fourth-order valence-electron chi connectivity index (χ4n) is 6.35. The zero-order valence-electron chi connectivity index (χ0n) is 30.8. The number of ether oxygens (including phenoxy) is 1. The second-order valence-corrected chi connectivity index (χ2v) is 15.4. The maximum absolute atomic E-state index is 13.8. The van der Waals surface area contributed by atoms with E-state index in [1.807, 2.05) is 6.26 Å². The van der Waals surface area contributed by atoms with E-state index >= 15 is 0 Å². The van der Waals surface area contributed by atoms with Crippen LogP contribution in [0.15, 0.2) is 4.99 Å². The Bertz CT molecular complexity index is 1210. The molecule has 2 fully saturated rings. The van der Waals surface area contributed by atoms with E-state index in [1.54, 1.807) is 6.26 Å². The van der Waals surface area contributed by atoms with Gasteiger partial charge in [0.1, 0.15) is 48.5 Å². The molecule has 1 saturated heterocycles. The quantitative estimate of drug-likeness (QED) is 0.0304. The number of aliphatic hydroxyl groups excluding tert-OH is 4. The monoisotopic (exact) mass is 792 g/mol. The van der Waals surface area contributed by atoms with Gasteiger partial charge < -0.3 is 63.2 Å². The third-order valence-corrected chi connectivity index (χ3v) is 10.6. The lowest BCUT2D eigenvalue weighted by atomic mass is 9.84. The van der Waals surface area contributed by atoms with Gasteiger partial charge in [0.05, 0.1) is 6.61 Å². The van der Waals surface area contributed by atoms with Crippen molar-refractivity contribution in [2.75, 3.05) is 37.2 Å². The molecule has 0 bridgehead atoms. The maximum Gasteiger partial charge on any atom is 0.243 e. The summed E-state index contributed by atoms with van der Waals surface area (Å²) in [5.41, 5.74) is 10.9. The molecule has 304 valence electrons. The highest BCUT2D eigenvalue weighted by atomic mass is 32.2. The van der Waals surface area contributed by atoms with Crippen LogP contribution >= 0.6 is 23.5 Å². The molecule has 0 aromatic heterocycles. The first kappa shape index (κ1) is 46.3. The van der Waals surface area contributed by atoms with Crippen molar-refractivity contribution in [2.24, 2.45) is 22.4 Å². The largest absolute Gasteiger partial charge is 0.394 e. The number of nitrogens with zero attached hydrogens (tertiary/aromatic N) is 1. The molecule has 0 aromatic carbocycles. The van der Waals surface area contributed by atoms with Crippen molar-refractivity contribution in [1.82, 2.24) is 26.6 Å². The van der Waals surface area contributed by atoms with Gasteiger partial charge in [-0.3, -0.25) is 29.0 Å². The highest BCUT2D eigenvalue weighted by Gasteiger charge is 2.45. The number of hydrogen-bond donors (Lipinski definition) is 11. The summed E-state index contributed by atoms with van der Waals surface area (Å²) < 4.78 is 5.14. The molecule has 1 saturated carbocycles. The van der Waals surface area contributed by atoms with Crippen LogP contribution in [-0.2, 0) is 28.7 Å². The van der Waals surface area contributed by atoms with Gasteiger partial charge in [-0.25, -0.2) is 0 Å². The Balaban J connectivity index is 2.25. The summed E-state index contributed by atoms with van der Waals surface area (Å²) in [4.78, 5) is 70.7. The normalized spacial score (nSPS) is 24.1. The Morgan fingerprint density at radius 3 is 1.81 bits per heavy atom. The summed E-state index contributed by atoms with van der Waals surface area (Å²) in [7, 11) is 0. The third kappa shape index (κ3) is 16.2. The van der Waals surface area contributed by atoms with Crippen molar-refractivity contribution >= 4 is 59.0 Å². The molecule has 13 N–H and O–H groups in total. The summed E-state index contributed by atoms with van der Waals surface area (Å²) in [6, 6.07) is -5.76. The van der Waals surface area contributed by atoms with Crippen LogP contribution in [0, 0.1) is 5.92 Å². The Labute approximate surface area is 319 Å². The standard InChI is InChI=1S/C33H60N8O10S2/c1-18(43)37-23(16-19-8-5-4-6-9-19)31(49)38-20(10-7-13-36-33(34)35)28(46)39-21(11-14-52-2)29(47)40-22(12-15-53-3)30(48)41-25-27(45)26(44)24(17-42)51-32(25)50/h19-27,32,42,44-45,50H,4-17H2,1-3H3,(H,37,43)(H,38,49)(H,39,46)(H,40,47)(H,41,48)(H4,34,35,36)/t20-,21-,22-,23-,24+,25-,26+,27+,32+/m0/s1. The van der Waals surface area contributed by atoms with Crippen LogP contribution in [0.3, 0.4) is 0 Å². The van der Waals surface area contributed by atoms with Gasteiger partial charge in [0.2, 0.25) is 29.5 Å². The summed E-state index contributed by atoms with van der Waals surface area (Å²) in [5, 5.41) is 53.9. The lowest BCUT2D eigenvalue weighted by Crippen LogP contribution is -2.66. The van der Waals surface area contributed by atoms with Crippen LogP contribution in [0.4, 0.5) is 0 Å². The van der Waals surface area contributed by atoms with Crippen LogP contribution < -0.4 is 38.1 Å². The number of nitrogens with two attached hydrogens (primary N) is 2. The molecule has 0 unspecified atom stereocenters. The van der Waals surface area contributed by atoms with Crippen LogP contribution in [0.2, 0.25) is 0 Å². The van der Waals surface area contributed by atoms with Gasteiger partial charge >= 0.3 is 0 Å². The van der Waals surface area contributed by atoms with Gasteiger partial charge in [-0.1, -0.05) is 32.1 Å². The first-order valence-electron chi connectivity index (χ1n) is 18.0. The predicted molar refractivity (Wildman–Crippen MR) is 202 cm³/mol. The third-order valence-electron chi connectivity index (χ3n) is 9.26. The Kier molecular flexibility index (Phi) is 21.4. The van der Waals surface area contributed by atoms with Crippen molar-refractivity contribution in [3.63, 3.8) is 0 Å². The molecular weight excluding hydrogens is 733 g/mol. The SMILES string of the molecule is CSCC[C@H](NC(=O)[C@H](CCSC)NC(=O)[C@H](CCCN=C(N)N)NC(=O)[C@H](CC1CCCCC1)NC(C)=O)C(=O)N[C@H]1[C@@H](O)[C@H](O)[C@@H](CO)O[C@H]1O. The van der Waals surface area contributed by atoms with Gasteiger partial charge in [0.15, 0.2) is 12.2 Å². The minimum Gasteiger partial charge on any atom is -0.394 e. The fraction of sp³-hybridized carbons (Fsp3) is 0.818. The van der Waals surface area contributed by atoms with Gasteiger partial charge in [0.25, 0.3) is 0 Å². The second-order valence-electron chi connectivity index (χ2n) is 13.5. The first-order chi connectivity index (χ1) is 25.2. The molecule has 1 aliphatic carbocycles. The Hall–Kier alpha value is -2.88. The van der Waals surface area contributed by atoms with Crippen LogP contribution in [-0.4, -0.2) is 148 Å². The van der Waals surface area contributed by atoms with E-state index in [0.717, 1.165) is 32.1 Å². The van der Waals surface area contributed by atoms with Gasteiger partial charge in [-0.05, 0) is 62.0 Å². The average molecular weight is 793 g/mol. The minimum absolute atomic E-state index is 0.108. The summed E-state index contributed by atoms with van der Waals surface area (Å²) in [5.74, 6) is -2.04. The van der Waals surface area contributed by atoms with Crippen molar-refractivity contribution < 1.29 is 49.1 Å².